The van der Waals surface area contributed by atoms with Crippen molar-refractivity contribution in [1.29, 1.82) is 0 Å². The number of ether oxygens (including phenoxy) is 3. The van der Waals surface area contributed by atoms with Gasteiger partial charge >= 0.3 is 5.97 Å². The van der Waals surface area contributed by atoms with E-state index in [-0.39, 0.29) is 17.5 Å². The highest BCUT2D eigenvalue weighted by atomic mass is 32.2. The summed E-state index contributed by atoms with van der Waals surface area (Å²) < 4.78 is 39.0. The van der Waals surface area contributed by atoms with Gasteiger partial charge in [0, 0.05) is 19.2 Å². The number of nitrogens with zero attached hydrogens (tertiary/aromatic N) is 1. The summed E-state index contributed by atoms with van der Waals surface area (Å²) in [6.07, 6.45) is 2.14. The number of esters is 1. The summed E-state index contributed by atoms with van der Waals surface area (Å²) in [5.41, 5.74) is 0.703. The normalized spacial score (nSPS) is 19.0. The molecule has 8 nitrogen and oxygen atoms in total. The molecule has 0 spiro atoms. The first-order valence-corrected chi connectivity index (χ1v) is 11.2. The van der Waals surface area contributed by atoms with Gasteiger partial charge in [0.15, 0.2) is 27.4 Å². The number of carbonyl (C=O) groups excluding carboxylic acids is 2. The van der Waals surface area contributed by atoms with Crippen molar-refractivity contribution < 1.29 is 32.2 Å². The summed E-state index contributed by atoms with van der Waals surface area (Å²) in [7, 11) is -0.0519. The second-order valence-electron chi connectivity index (χ2n) is 6.76. The van der Waals surface area contributed by atoms with Crippen molar-refractivity contribution in [3.8, 4) is 11.5 Å². The molecule has 0 aliphatic carbocycles. The fourth-order valence-corrected chi connectivity index (χ4v) is 4.81. The molecule has 0 bridgehead atoms. The maximum atomic E-state index is 12.4. The predicted octanol–water partition coefficient (Wildman–Crippen LogP) is 1.68. The highest BCUT2D eigenvalue weighted by Crippen LogP contribution is 2.28. The molecule has 2 rings (SSSR count). The second kappa shape index (κ2) is 9.78. The minimum Gasteiger partial charge on any atom is -0.493 e. The zero-order valence-electron chi connectivity index (χ0n) is 17.1. The van der Waals surface area contributed by atoms with Gasteiger partial charge in [0.1, 0.15) is 0 Å². The van der Waals surface area contributed by atoms with E-state index in [2.05, 4.69) is 0 Å². The number of methoxy groups -OCH3 is 1. The molecule has 1 aliphatic rings. The van der Waals surface area contributed by atoms with Crippen LogP contribution in [0, 0.1) is 0 Å². The van der Waals surface area contributed by atoms with E-state index in [0.717, 1.165) is 0 Å². The van der Waals surface area contributed by atoms with Crippen LogP contribution in [0.1, 0.15) is 25.8 Å². The van der Waals surface area contributed by atoms with Crippen molar-refractivity contribution in [3.05, 3.63) is 29.8 Å². The maximum absolute atomic E-state index is 12.4. The van der Waals surface area contributed by atoms with Crippen molar-refractivity contribution in [2.75, 3.05) is 32.3 Å². The fourth-order valence-electron chi connectivity index (χ4n) is 3.04. The molecule has 1 aliphatic heterocycles. The summed E-state index contributed by atoms with van der Waals surface area (Å²) >= 11 is 0. The number of likely N-dealkylation sites (N-methyl/N-ethyl adjacent to an activating group) is 1. The quantitative estimate of drug-likeness (QED) is 0.462. The Morgan fingerprint density at radius 2 is 2.03 bits per heavy atom. The number of hydrogen-bond donors (Lipinski definition) is 0. The van der Waals surface area contributed by atoms with E-state index < -0.39 is 27.8 Å². The van der Waals surface area contributed by atoms with Gasteiger partial charge in [-0.15, -0.1) is 0 Å². The minimum absolute atomic E-state index is 0.0601. The number of sulfone groups is 1. The van der Waals surface area contributed by atoms with Crippen LogP contribution in [-0.2, 0) is 24.2 Å². The molecule has 1 amide bonds. The Bertz CT molecular complexity index is 879. The number of rotatable bonds is 8. The van der Waals surface area contributed by atoms with Crippen LogP contribution in [-0.4, -0.2) is 69.6 Å². The summed E-state index contributed by atoms with van der Waals surface area (Å²) in [4.78, 5) is 25.9. The molecule has 9 heteroatoms. The Kier molecular flexibility index (Phi) is 7.66. The molecule has 0 aromatic heterocycles. The average molecular weight is 426 g/mol. The first-order valence-electron chi connectivity index (χ1n) is 9.33. The van der Waals surface area contributed by atoms with Crippen LogP contribution >= 0.6 is 0 Å². The lowest BCUT2D eigenvalue weighted by Gasteiger charge is -2.26. The number of hydrogen-bond acceptors (Lipinski definition) is 7. The molecule has 160 valence electrons. The standard InChI is InChI=1S/C20H27NO7S/c1-5-27-17-8-6-15(12-18(17)26-4)7-9-19(22)28-14(2)20(23)21(3)16-10-11-29(24,25)13-16/h6-9,12,14,16H,5,10-11,13H2,1-4H3/b9-7+/t14-,16+/m1/s1. The van der Waals surface area contributed by atoms with Crippen molar-refractivity contribution >= 4 is 27.8 Å². The molecule has 1 fully saturated rings. The van der Waals surface area contributed by atoms with E-state index in [1.54, 1.807) is 24.3 Å². The van der Waals surface area contributed by atoms with Crippen molar-refractivity contribution in [1.82, 2.24) is 4.90 Å². The summed E-state index contributed by atoms with van der Waals surface area (Å²) in [5.74, 6) is 0.0420. The highest BCUT2D eigenvalue weighted by molar-refractivity contribution is 7.91. The smallest absolute Gasteiger partial charge is 0.331 e. The lowest BCUT2D eigenvalue weighted by atomic mass is 10.2. The fraction of sp³-hybridized carbons (Fsp3) is 0.500. The molecule has 0 saturated carbocycles. The SMILES string of the molecule is CCOc1ccc(/C=C/C(=O)O[C@H](C)C(=O)N(C)[C@H]2CCS(=O)(=O)C2)cc1OC. The molecule has 0 N–H and O–H groups in total. The van der Waals surface area contributed by atoms with Gasteiger partial charge in [-0.2, -0.15) is 0 Å². The van der Waals surface area contributed by atoms with Crippen LogP contribution in [0.3, 0.4) is 0 Å². The van der Waals surface area contributed by atoms with Gasteiger partial charge in [0.05, 0.1) is 25.2 Å². The lowest BCUT2D eigenvalue weighted by molar-refractivity contribution is -0.155. The van der Waals surface area contributed by atoms with E-state index in [1.165, 1.54) is 32.1 Å². The molecular formula is C20H27NO7S. The van der Waals surface area contributed by atoms with Crippen molar-refractivity contribution in [3.63, 3.8) is 0 Å². The van der Waals surface area contributed by atoms with Crippen LogP contribution in [0.4, 0.5) is 0 Å². The summed E-state index contributed by atoms with van der Waals surface area (Å²) in [5, 5.41) is 0. The van der Waals surface area contributed by atoms with E-state index >= 15 is 0 Å². The van der Waals surface area contributed by atoms with Gasteiger partial charge in [-0.3, -0.25) is 4.79 Å². The third-order valence-corrected chi connectivity index (χ3v) is 6.39. The van der Waals surface area contributed by atoms with Crippen LogP contribution in [0.25, 0.3) is 6.08 Å². The number of amides is 1. The van der Waals surface area contributed by atoms with Gasteiger partial charge in [0.2, 0.25) is 0 Å². The lowest BCUT2D eigenvalue weighted by Crippen LogP contribution is -2.44. The average Bonchev–Trinajstić information content (AvgIpc) is 3.05. The van der Waals surface area contributed by atoms with E-state index in [9.17, 15) is 18.0 Å². The largest absolute Gasteiger partial charge is 0.493 e. The maximum Gasteiger partial charge on any atom is 0.331 e. The van der Waals surface area contributed by atoms with Crippen molar-refractivity contribution in [2.45, 2.75) is 32.4 Å². The zero-order chi connectivity index (χ0) is 21.6. The van der Waals surface area contributed by atoms with Gasteiger partial charge in [-0.05, 0) is 44.0 Å². The van der Waals surface area contributed by atoms with Crippen LogP contribution in [0.15, 0.2) is 24.3 Å². The Hall–Kier alpha value is -2.55. The highest BCUT2D eigenvalue weighted by Gasteiger charge is 2.34. The molecular weight excluding hydrogens is 398 g/mol. The first-order chi connectivity index (χ1) is 13.7. The van der Waals surface area contributed by atoms with E-state index in [1.807, 2.05) is 6.92 Å². The van der Waals surface area contributed by atoms with Gasteiger partial charge in [0.25, 0.3) is 5.91 Å². The molecule has 1 saturated heterocycles. The zero-order valence-corrected chi connectivity index (χ0v) is 17.9. The molecule has 1 aromatic carbocycles. The Labute approximate surface area is 171 Å². The van der Waals surface area contributed by atoms with Crippen molar-refractivity contribution in [2.24, 2.45) is 0 Å². The Morgan fingerprint density at radius 3 is 2.62 bits per heavy atom. The topological polar surface area (TPSA) is 99.2 Å². The van der Waals surface area contributed by atoms with E-state index in [0.29, 0.717) is 30.1 Å². The summed E-state index contributed by atoms with van der Waals surface area (Å²) in [6, 6.07) is 4.84. The van der Waals surface area contributed by atoms with E-state index in [4.69, 9.17) is 14.2 Å². The first kappa shape index (κ1) is 22.7. The summed E-state index contributed by atoms with van der Waals surface area (Å²) in [6.45, 7) is 3.84. The van der Waals surface area contributed by atoms with Gasteiger partial charge < -0.3 is 19.1 Å². The number of benzene rings is 1. The Balaban J connectivity index is 1.95. The molecule has 1 aromatic rings. The third-order valence-electron chi connectivity index (χ3n) is 4.64. The van der Waals surface area contributed by atoms with Crippen LogP contribution in [0.5, 0.6) is 11.5 Å². The van der Waals surface area contributed by atoms with Crippen LogP contribution < -0.4 is 9.47 Å². The monoisotopic (exact) mass is 425 g/mol. The molecule has 0 unspecified atom stereocenters. The van der Waals surface area contributed by atoms with Gasteiger partial charge in [-0.1, -0.05) is 6.07 Å². The Morgan fingerprint density at radius 1 is 1.31 bits per heavy atom. The third kappa shape index (κ3) is 6.22. The van der Waals surface area contributed by atoms with Gasteiger partial charge in [-0.25, -0.2) is 13.2 Å². The second-order valence-corrected chi connectivity index (χ2v) is 8.99. The molecule has 29 heavy (non-hydrogen) atoms. The molecule has 2 atom stereocenters. The van der Waals surface area contributed by atoms with Crippen LogP contribution in [0.2, 0.25) is 0 Å². The minimum atomic E-state index is -3.11. The molecule has 1 heterocycles. The molecule has 0 radical (unpaired) electrons. The predicted molar refractivity (Wildman–Crippen MR) is 109 cm³/mol. The number of carbonyl (C=O) groups is 2.